The summed E-state index contributed by atoms with van der Waals surface area (Å²) in [7, 11) is 0. The monoisotopic (exact) mass is 274 g/mol. The average molecular weight is 274 g/mol. The van der Waals surface area contributed by atoms with E-state index in [-0.39, 0.29) is 11.3 Å². The third-order valence-electron chi connectivity index (χ3n) is 4.59. The zero-order valence-electron chi connectivity index (χ0n) is 13.0. The Morgan fingerprint density at radius 3 is 2.85 bits per heavy atom. The van der Waals surface area contributed by atoms with Crippen LogP contribution in [-0.2, 0) is 6.42 Å². The fraction of sp³-hybridized carbons (Fsp3) is 0.588. The van der Waals surface area contributed by atoms with Crippen molar-refractivity contribution in [3.63, 3.8) is 0 Å². The minimum Gasteiger partial charge on any atom is -0.384 e. The number of anilines is 1. The Kier molecular flexibility index (Phi) is 4.36. The van der Waals surface area contributed by atoms with Gasteiger partial charge in [-0.25, -0.2) is 0 Å². The molecule has 0 saturated heterocycles. The first-order chi connectivity index (χ1) is 9.42. The van der Waals surface area contributed by atoms with Gasteiger partial charge in [0.15, 0.2) is 0 Å². The van der Waals surface area contributed by atoms with Crippen molar-refractivity contribution in [2.24, 2.45) is 11.3 Å². The summed E-state index contributed by atoms with van der Waals surface area (Å²) < 4.78 is 0. The van der Waals surface area contributed by atoms with Crippen LogP contribution < -0.4 is 10.6 Å². The Balaban J connectivity index is 2.10. The predicted octanol–water partition coefficient (Wildman–Crippen LogP) is 3.46. The number of rotatable bonds is 4. The second-order valence-corrected chi connectivity index (χ2v) is 6.70. The van der Waals surface area contributed by atoms with E-state index in [0.29, 0.717) is 12.5 Å². The summed E-state index contributed by atoms with van der Waals surface area (Å²) in [6.45, 7) is 10.4. The number of fused-ring (bicyclic) bond motifs is 1. The van der Waals surface area contributed by atoms with Crippen LogP contribution in [0.2, 0.25) is 0 Å². The highest BCUT2D eigenvalue weighted by Crippen LogP contribution is 2.27. The Labute approximate surface area is 122 Å². The molecule has 0 spiro atoms. The van der Waals surface area contributed by atoms with Gasteiger partial charge in [-0.05, 0) is 35.8 Å². The van der Waals surface area contributed by atoms with Crippen LogP contribution in [0.3, 0.4) is 0 Å². The van der Waals surface area contributed by atoms with E-state index in [0.717, 1.165) is 30.6 Å². The van der Waals surface area contributed by atoms with Gasteiger partial charge in [0.05, 0.1) is 11.3 Å². The molecule has 20 heavy (non-hydrogen) atoms. The molecule has 1 heterocycles. The average Bonchev–Trinajstić information content (AvgIpc) is 2.44. The maximum atomic E-state index is 12.4. The SMILES string of the molecule is CC(C)C(C)(C)CNC(=O)c1cccc2c1NCCC2. The molecule has 110 valence electrons. The summed E-state index contributed by atoms with van der Waals surface area (Å²) in [4.78, 5) is 12.4. The normalized spacial score (nSPS) is 14.7. The van der Waals surface area contributed by atoms with Crippen LogP contribution in [0.4, 0.5) is 5.69 Å². The molecule has 2 rings (SSSR count). The van der Waals surface area contributed by atoms with E-state index in [9.17, 15) is 4.79 Å². The number of nitrogens with one attached hydrogen (secondary N) is 2. The topological polar surface area (TPSA) is 41.1 Å². The van der Waals surface area contributed by atoms with Crippen LogP contribution in [0.5, 0.6) is 0 Å². The van der Waals surface area contributed by atoms with Gasteiger partial charge >= 0.3 is 0 Å². The Morgan fingerprint density at radius 2 is 2.15 bits per heavy atom. The quantitative estimate of drug-likeness (QED) is 0.883. The second kappa shape index (κ2) is 5.86. The van der Waals surface area contributed by atoms with Crippen molar-refractivity contribution in [2.75, 3.05) is 18.4 Å². The molecule has 0 aliphatic carbocycles. The van der Waals surface area contributed by atoms with E-state index >= 15 is 0 Å². The second-order valence-electron chi connectivity index (χ2n) is 6.70. The van der Waals surface area contributed by atoms with Gasteiger partial charge in [0.1, 0.15) is 0 Å². The maximum absolute atomic E-state index is 12.4. The molecule has 1 amide bonds. The van der Waals surface area contributed by atoms with Crippen LogP contribution in [0.15, 0.2) is 18.2 Å². The van der Waals surface area contributed by atoms with Gasteiger partial charge in [-0.15, -0.1) is 0 Å². The van der Waals surface area contributed by atoms with Crippen molar-refractivity contribution in [2.45, 2.75) is 40.5 Å². The first-order valence-corrected chi connectivity index (χ1v) is 7.56. The minimum absolute atomic E-state index is 0.0324. The van der Waals surface area contributed by atoms with Crippen LogP contribution in [0.25, 0.3) is 0 Å². The number of amides is 1. The predicted molar refractivity (Wildman–Crippen MR) is 84.2 cm³/mol. The van der Waals surface area contributed by atoms with Gasteiger partial charge in [-0.3, -0.25) is 4.79 Å². The van der Waals surface area contributed by atoms with Crippen molar-refractivity contribution >= 4 is 11.6 Å². The van der Waals surface area contributed by atoms with E-state index < -0.39 is 0 Å². The molecule has 2 N–H and O–H groups in total. The van der Waals surface area contributed by atoms with Gasteiger partial charge in [-0.2, -0.15) is 0 Å². The number of benzene rings is 1. The largest absolute Gasteiger partial charge is 0.384 e. The van der Waals surface area contributed by atoms with Crippen molar-refractivity contribution in [3.8, 4) is 0 Å². The first-order valence-electron chi connectivity index (χ1n) is 7.56. The molecule has 0 saturated carbocycles. The molecule has 3 heteroatoms. The fourth-order valence-corrected chi connectivity index (χ4v) is 2.31. The molecule has 0 bridgehead atoms. The van der Waals surface area contributed by atoms with Crippen LogP contribution in [0, 0.1) is 11.3 Å². The van der Waals surface area contributed by atoms with Gasteiger partial charge in [0.25, 0.3) is 5.91 Å². The summed E-state index contributed by atoms with van der Waals surface area (Å²) >= 11 is 0. The number of para-hydroxylation sites is 1. The lowest BCUT2D eigenvalue weighted by molar-refractivity contribution is 0.0925. The van der Waals surface area contributed by atoms with Crippen molar-refractivity contribution in [1.29, 1.82) is 0 Å². The van der Waals surface area contributed by atoms with E-state index in [1.807, 2.05) is 12.1 Å². The molecule has 1 aliphatic rings. The molecule has 3 nitrogen and oxygen atoms in total. The van der Waals surface area contributed by atoms with Gasteiger partial charge < -0.3 is 10.6 Å². The third-order valence-corrected chi connectivity index (χ3v) is 4.59. The van der Waals surface area contributed by atoms with Gasteiger partial charge in [0, 0.05) is 13.1 Å². The minimum atomic E-state index is 0.0324. The highest BCUT2D eigenvalue weighted by molar-refractivity contribution is 6.00. The number of aryl methyl sites for hydroxylation is 1. The smallest absolute Gasteiger partial charge is 0.253 e. The summed E-state index contributed by atoms with van der Waals surface area (Å²) in [6, 6.07) is 6.00. The zero-order valence-corrected chi connectivity index (χ0v) is 13.0. The van der Waals surface area contributed by atoms with E-state index in [4.69, 9.17) is 0 Å². The summed E-state index contributed by atoms with van der Waals surface area (Å²) in [5.74, 6) is 0.565. The lowest BCUT2D eigenvalue weighted by Gasteiger charge is -2.29. The molecule has 1 aromatic rings. The Morgan fingerprint density at radius 1 is 1.40 bits per heavy atom. The maximum Gasteiger partial charge on any atom is 0.253 e. The summed E-state index contributed by atoms with van der Waals surface area (Å²) in [5.41, 5.74) is 3.17. The van der Waals surface area contributed by atoms with Gasteiger partial charge in [0.2, 0.25) is 0 Å². The molecule has 0 unspecified atom stereocenters. The summed E-state index contributed by atoms with van der Waals surface area (Å²) in [6.07, 6.45) is 2.19. The number of hydrogen-bond acceptors (Lipinski definition) is 2. The highest BCUT2D eigenvalue weighted by Gasteiger charge is 2.24. The third kappa shape index (κ3) is 3.14. The molecule has 0 aromatic heterocycles. The lowest BCUT2D eigenvalue weighted by atomic mass is 9.81. The van der Waals surface area contributed by atoms with E-state index in [2.05, 4.69) is 44.4 Å². The van der Waals surface area contributed by atoms with Crippen molar-refractivity contribution in [1.82, 2.24) is 5.32 Å². The van der Waals surface area contributed by atoms with Gasteiger partial charge in [-0.1, -0.05) is 39.8 Å². The van der Waals surface area contributed by atoms with Crippen molar-refractivity contribution in [3.05, 3.63) is 29.3 Å². The zero-order chi connectivity index (χ0) is 14.8. The molecular weight excluding hydrogens is 248 g/mol. The number of hydrogen-bond donors (Lipinski definition) is 2. The first kappa shape index (κ1) is 14.9. The van der Waals surface area contributed by atoms with E-state index in [1.54, 1.807) is 0 Å². The Hall–Kier alpha value is -1.51. The van der Waals surface area contributed by atoms with E-state index in [1.165, 1.54) is 5.56 Å². The number of carbonyl (C=O) groups excluding carboxylic acids is 1. The molecule has 0 fully saturated rings. The number of carbonyl (C=O) groups is 1. The molecule has 0 atom stereocenters. The Bertz CT molecular complexity index is 492. The molecule has 1 aromatic carbocycles. The molecule has 0 radical (unpaired) electrons. The van der Waals surface area contributed by atoms with Crippen LogP contribution in [0.1, 0.15) is 50.0 Å². The fourth-order valence-electron chi connectivity index (χ4n) is 2.31. The summed E-state index contributed by atoms with van der Waals surface area (Å²) in [5, 5.41) is 6.46. The standard InChI is InChI=1S/C17H26N2O/c1-12(2)17(3,4)11-19-16(20)14-9-5-7-13-8-6-10-18-15(13)14/h5,7,9,12,18H,6,8,10-11H2,1-4H3,(H,19,20). The van der Waals surface area contributed by atoms with Crippen LogP contribution >= 0.6 is 0 Å². The van der Waals surface area contributed by atoms with Crippen molar-refractivity contribution < 1.29 is 4.79 Å². The molecule has 1 aliphatic heterocycles. The van der Waals surface area contributed by atoms with Crippen LogP contribution in [-0.4, -0.2) is 19.0 Å². The highest BCUT2D eigenvalue weighted by atomic mass is 16.1. The molecular formula is C17H26N2O. The lowest BCUT2D eigenvalue weighted by Crippen LogP contribution is -2.37.